The van der Waals surface area contributed by atoms with Crippen LogP contribution >= 0.6 is 0 Å². The van der Waals surface area contributed by atoms with E-state index in [-0.39, 0.29) is 23.2 Å². The lowest BCUT2D eigenvalue weighted by Gasteiger charge is -2.31. The average molecular weight is 456 g/mol. The fraction of sp³-hybridized carbons (Fsp3) is 0.360. The molecule has 1 saturated heterocycles. The molecule has 7 nitrogen and oxygen atoms in total. The van der Waals surface area contributed by atoms with Gasteiger partial charge in [-0.3, -0.25) is 10.2 Å². The van der Waals surface area contributed by atoms with Gasteiger partial charge in [0.05, 0.1) is 20.3 Å². The van der Waals surface area contributed by atoms with Gasteiger partial charge in [0.2, 0.25) is 5.78 Å². The van der Waals surface area contributed by atoms with E-state index in [0.717, 1.165) is 0 Å². The maximum absolute atomic E-state index is 13.7. The summed E-state index contributed by atoms with van der Waals surface area (Å²) in [6, 6.07) is 10.4. The monoisotopic (exact) mass is 455 g/mol. The first kappa shape index (κ1) is 24.3. The Hall–Kier alpha value is -3.39. The van der Waals surface area contributed by atoms with E-state index in [1.54, 1.807) is 57.8 Å². The highest BCUT2D eigenvalue weighted by Gasteiger charge is 2.33. The average Bonchev–Trinajstić information content (AvgIpc) is 2.86. The second-order valence-electron chi connectivity index (χ2n) is 7.77. The Balaban J connectivity index is 1.94. The molecule has 1 aliphatic rings. The molecule has 0 aliphatic carbocycles. The smallest absolute Gasteiger partial charge is 0.203 e. The van der Waals surface area contributed by atoms with Crippen molar-refractivity contribution in [2.45, 2.75) is 18.9 Å². The van der Waals surface area contributed by atoms with Gasteiger partial charge < -0.3 is 24.8 Å². The number of halogens is 1. The van der Waals surface area contributed by atoms with Crippen LogP contribution in [0.15, 0.2) is 48.7 Å². The summed E-state index contributed by atoms with van der Waals surface area (Å²) >= 11 is 0. The Kier molecular flexibility index (Phi) is 8.43. The van der Waals surface area contributed by atoms with E-state index in [9.17, 15) is 9.18 Å². The standard InChI is InChI=1S/C25H30FN3O4/c1-28-15-22(16-4-6-18(26)7-5-16)23(27)25(30)24(17-8-10-33-11-9-17)29-19-12-20(31-2)14-21(13-19)32-3/h4-7,12-15,17,24,27-29H,8-11H2,1-3H3/b22-15-,27-23?. The zero-order valence-electron chi connectivity index (χ0n) is 19.1. The van der Waals surface area contributed by atoms with Gasteiger partial charge in [0.1, 0.15) is 23.0 Å². The highest BCUT2D eigenvalue weighted by atomic mass is 19.1. The molecule has 3 N–H and O–H groups in total. The molecule has 1 atom stereocenters. The van der Waals surface area contributed by atoms with Crippen molar-refractivity contribution in [1.82, 2.24) is 5.32 Å². The molecule has 3 rings (SSSR count). The summed E-state index contributed by atoms with van der Waals surface area (Å²) in [4.78, 5) is 13.7. The minimum atomic E-state index is -0.654. The molecule has 176 valence electrons. The number of anilines is 1. The van der Waals surface area contributed by atoms with Crippen LogP contribution in [0.5, 0.6) is 11.5 Å². The lowest BCUT2D eigenvalue weighted by molar-refractivity contribution is -0.115. The number of allylic oxidation sites excluding steroid dienone is 1. The van der Waals surface area contributed by atoms with Crippen LogP contribution in [0.25, 0.3) is 5.57 Å². The summed E-state index contributed by atoms with van der Waals surface area (Å²) in [6.07, 6.45) is 2.97. The minimum Gasteiger partial charge on any atom is -0.497 e. The van der Waals surface area contributed by atoms with Crippen LogP contribution in [-0.4, -0.2) is 52.0 Å². The van der Waals surface area contributed by atoms with Gasteiger partial charge in [0, 0.05) is 55.9 Å². The molecule has 0 spiro atoms. The Labute approximate surface area is 193 Å². The number of carbonyl (C=O) groups is 1. The van der Waals surface area contributed by atoms with Crippen LogP contribution in [0.4, 0.5) is 10.1 Å². The molecular formula is C25H30FN3O4. The summed E-state index contributed by atoms with van der Waals surface area (Å²) in [5.41, 5.74) is 1.47. The van der Waals surface area contributed by atoms with Crippen LogP contribution in [0.2, 0.25) is 0 Å². The predicted molar refractivity (Wildman–Crippen MR) is 127 cm³/mol. The molecule has 1 fully saturated rings. The number of carbonyl (C=O) groups excluding carboxylic acids is 1. The van der Waals surface area contributed by atoms with E-state index in [0.29, 0.717) is 54.4 Å². The number of rotatable bonds is 10. The lowest BCUT2D eigenvalue weighted by Crippen LogP contribution is -2.43. The maximum atomic E-state index is 13.7. The van der Waals surface area contributed by atoms with Crippen LogP contribution in [0.1, 0.15) is 18.4 Å². The fourth-order valence-corrected chi connectivity index (χ4v) is 3.88. The largest absolute Gasteiger partial charge is 0.497 e. The molecule has 1 heterocycles. The second kappa shape index (κ2) is 11.5. The molecule has 33 heavy (non-hydrogen) atoms. The highest BCUT2D eigenvalue weighted by molar-refractivity contribution is 6.56. The van der Waals surface area contributed by atoms with E-state index < -0.39 is 6.04 Å². The molecule has 1 unspecified atom stereocenters. The number of hydrogen-bond donors (Lipinski definition) is 3. The van der Waals surface area contributed by atoms with Crippen molar-refractivity contribution < 1.29 is 23.4 Å². The normalized spacial score (nSPS) is 15.5. The van der Waals surface area contributed by atoms with Gasteiger partial charge in [0.15, 0.2) is 0 Å². The molecule has 0 radical (unpaired) electrons. The first-order valence-corrected chi connectivity index (χ1v) is 10.8. The predicted octanol–water partition coefficient (Wildman–Crippen LogP) is 3.90. The summed E-state index contributed by atoms with van der Waals surface area (Å²) in [5.74, 6) is 0.427. The topological polar surface area (TPSA) is 92.7 Å². The molecule has 2 aromatic rings. The Morgan fingerprint density at radius 3 is 2.27 bits per heavy atom. The molecule has 2 aromatic carbocycles. The van der Waals surface area contributed by atoms with E-state index in [4.69, 9.17) is 19.6 Å². The molecular weight excluding hydrogens is 425 g/mol. The van der Waals surface area contributed by atoms with Crippen molar-refractivity contribution >= 4 is 22.8 Å². The van der Waals surface area contributed by atoms with Gasteiger partial charge >= 0.3 is 0 Å². The van der Waals surface area contributed by atoms with Crippen LogP contribution < -0.4 is 20.1 Å². The van der Waals surface area contributed by atoms with Crippen LogP contribution in [0, 0.1) is 17.1 Å². The number of Topliss-reactive ketones (excluding diaryl/α,β-unsaturated/α-hetero) is 1. The summed E-state index contributed by atoms with van der Waals surface area (Å²) < 4.78 is 29.6. The van der Waals surface area contributed by atoms with Crippen molar-refractivity contribution in [3.05, 3.63) is 60.0 Å². The molecule has 0 bridgehead atoms. The highest BCUT2D eigenvalue weighted by Crippen LogP contribution is 2.30. The maximum Gasteiger partial charge on any atom is 0.203 e. The number of hydrogen-bond acceptors (Lipinski definition) is 7. The van der Waals surface area contributed by atoms with Gasteiger partial charge in [0.25, 0.3) is 0 Å². The lowest BCUT2D eigenvalue weighted by atomic mass is 9.85. The van der Waals surface area contributed by atoms with Gasteiger partial charge in [-0.05, 0) is 36.5 Å². The first-order valence-electron chi connectivity index (χ1n) is 10.8. The number of benzene rings is 2. The molecule has 1 aliphatic heterocycles. The van der Waals surface area contributed by atoms with Gasteiger partial charge in [-0.2, -0.15) is 0 Å². The molecule has 0 saturated carbocycles. The quantitative estimate of drug-likeness (QED) is 0.471. The number of nitrogens with one attached hydrogen (secondary N) is 3. The summed E-state index contributed by atoms with van der Waals surface area (Å²) in [7, 11) is 4.82. The number of methoxy groups -OCH3 is 2. The van der Waals surface area contributed by atoms with E-state index in [2.05, 4.69) is 10.6 Å². The molecule has 8 heteroatoms. The van der Waals surface area contributed by atoms with Crippen molar-refractivity contribution in [2.24, 2.45) is 5.92 Å². The van der Waals surface area contributed by atoms with E-state index >= 15 is 0 Å². The summed E-state index contributed by atoms with van der Waals surface area (Å²) in [5, 5.41) is 15.0. The van der Waals surface area contributed by atoms with Crippen molar-refractivity contribution in [3.63, 3.8) is 0 Å². The third-order valence-corrected chi connectivity index (χ3v) is 5.65. The SMILES string of the molecule is CN/C=C(\C(=N)C(=O)C(Nc1cc(OC)cc(OC)c1)C1CCOCC1)c1ccc(F)cc1. The Morgan fingerprint density at radius 2 is 1.73 bits per heavy atom. The second-order valence-corrected chi connectivity index (χ2v) is 7.77. The van der Waals surface area contributed by atoms with Crippen molar-refractivity contribution in [3.8, 4) is 11.5 Å². The Morgan fingerprint density at radius 1 is 1.12 bits per heavy atom. The van der Waals surface area contributed by atoms with Gasteiger partial charge in [-0.15, -0.1) is 0 Å². The zero-order valence-corrected chi connectivity index (χ0v) is 19.1. The number of ether oxygens (including phenoxy) is 3. The zero-order chi connectivity index (χ0) is 23.8. The minimum absolute atomic E-state index is 0.0205. The third-order valence-electron chi connectivity index (χ3n) is 5.65. The van der Waals surface area contributed by atoms with E-state index in [1.807, 2.05) is 0 Å². The van der Waals surface area contributed by atoms with Gasteiger partial charge in [-0.25, -0.2) is 4.39 Å². The summed E-state index contributed by atoms with van der Waals surface area (Å²) in [6.45, 7) is 1.12. The molecule has 0 aromatic heterocycles. The van der Waals surface area contributed by atoms with Crippen molar-refractivity contribution in [2.75, 3.05) is 39.8 Å². The molecule has 0 amide bonds. The Bertz CT molecular complexity index is 979. The first-order chi connectivity index (χ1) is 16.0. The number of ketones is 1. The van der Waals surface area contributed by atoms with Gasteiger partial charge in [-0.1, -0.05) is 12.1 Å². The van der Waals surface area contributed by atoms with Crippen LogP contribution in [0.3, 0.4) is 0 Å². The van der Waals surface area contributed by atoms with E-state index in [1.165, 1.54) is 12.1 Å². The van der Waals surface area contributed by atoms with Crippen LogP contribution in [-0.2, 0) is 9.53 Å². The fourth-order valence-electron chi connectivity index (χ4n) is 3.88. The third kappa shape index (κ3) is 6.10. The van der Waals surface area contributed by atoms with Crippen molar-refractivity contribution in [1.29, 1.82) is 5.41 Å².